The summed E-state index contributed by atoms with van der Waals surface area (Å²) in [4.78, 5) is 39.6. The lowest BCUT2D eigenvalue weighted by molar-refractivity contribution is -0.123. The largest absolute Gasteiger partial charge is 0.354 e. The molecule has 0 bridgehead atoms. The predicted molar refractivity (Wildman–Crippen MR) is 67.6 cm³/mol. The molecule has 6 heteroatoms. The Kier molecular flexibility index (Phi) is 2.85. The fourth-order valence-corrected chi connectivity index (χ4v) is 2.95. The standard InChI is InChI=1S/C13H15N3O3/c17-11-6-8(3-4-14-11)13(19)16-5-1-2-9-10(16)7-15-12(9)18/h3-4,6,9-10H,1-2,5,7H2,(H,14,17)(H,15,18). The normalized spacial score (nSPS) is 25.9. The Morgan fingerprint density at radius 3 is 3.00 bits per heavy atom. The molecule has 2 aliphatic heterocycles. The maximum Gasteiger partial charge on any atom is 0.254 e. The highest BCUT2D eigenvalue weighted by molar-refractivity contribution is 5.95. The van der Waals surface area contributed by atoms with E-state index in [1.807, 2.05) is 0 Å². The number of pyridine rings is 1. The summed E-state index contributed by atoms with van der Waals surface area (Å²) in [6.07, 6.45) is 3.12. The number of fused-ring (bicyclic) bond motifs is 1. The van der Waals surface area contributed by atoms with E-state index in [0.717, 1.165) is 12.8 Å². The summed E-state index contributed by atoms with van der Waals surface area (Å²) >= 11 is 0. The minimum Gasteiger partial charge on any atom is -0.354 e. The highest BCUT2D eigenvalue weighted by Gasteiger charge is 2.42. The molecule has 3 heterocycles. The molecule has 1 aromatic rings. The van der Waals surface area contributed by atoms with Gasteiger partial charge in [-0.3, -0.25) is 14.4 Å². The first kappa shape index (κ1) is 12.0. The fourth-order valence-electron chi connectivity index (χ4n) is 2.95. The van der Waals surface area contributed by atoms with Crippen molar-refractivity contribution >= 4 is 11.8 Å². The van der Waals surface area contributed by atoms with Crippen molar-refractivity contribution in [2.45, 2.75) is 18.9 Å². The van der Waals surface area contributed by atoms with E-state index in [1.165, 1.54) is 12.3 Å². The first-order valence-electron chi connectivity index (χ1n) is 6.44. The highest BCUT2D eigenvalue weighted by Crippen LogP contribution is 2.28. The molecule has 0 aliphatic carbocycles. The zero-order valence-electron chi connectivity index (χ0n) is 10.4. The molecule has 2 amide bonds. The quantitative estimate of drug-likeness (QED) is 0.729. The number of nitrogens with one attached hydrogen (secondary N) is 2. The number of hydrogen-bond donors (Lipinski definition) is 2. The van der Waals surface area contributed by atoms with E-state index in [-0.39, 0.29) is 29.3 Å². The monoisotopic (exact) mass is 261 g/mol. The number of hydrogen-bond acceptors (Lipinski definition) is 3. The van der Waals surface area contributed by atoms with Gasteiger partial charge in [0.25, 0.3) is 5.91 Å². The second kappa shape index (κ2) is 4.53. The van der Waals surface area contributed by atoms with Crippen molar-refractivity contribution in [3.05, 3.63) is 34.2 Å². The fraction of sp³-hybridized carbons (Fsp3) is 0.462. The summed E-state index contributed by atoms with van der Waals surface area (Å²) in [5.41, 5.74) is 0.0868. The number of H-pyrrole nitrogens is 1. The molecule has 2 fully saturated rings. The van der Waals surface area contributed by atoms with Crippen molar-refractivity contribution in [3.63, 3.8) is 0 Å². The molecule has 2 N–H and O–H groups in total. The van der Waals surface area contributed by atoms with Gasteiger partial charge in [0.15, 0.2) is 0 Å². The van der Waals surface area contributed by atoms with Crippen LogP contribution in [-0.4, -0.2) is 40.8 Å². The summed E-state index contributed by atoms with van der Waals surface area (Å²) in [6, 6.07) is 2.82. The van der Waals surface area contributed by atoms with Gasteiger partial charge < -0.3 is 15.2 Å². The van der Waals surface area contributed by atoms with Crippen LogP contribution in [0.2, 0.25) is 0 Å². The second-order valence-corrected chi connectivity index (χ2v) is 5.00. The third kappa shape index (κ3) is 2.03. The van der Waals surface area contributed by atoms with E-state index in [2.05, 4.69) is 10.3 Å². The van der Waals surface area contributed by atoms with Gasteiger partial charge in [-0.25, -0.2) is 0 Å². The zero-order chi connectivity index (χ0) is 13.4. The minimum atomic E-state index is -0.292. The van der Waals surface area contributed by atoms with Gasteiger partial charge in [0.1, 0.15) is 0 Å². The van der Waals surface area contributed by atoms with E-state index in [0.29, 0.717) is 18.7 Å². The average Bonchev–Trinajstić information content (AvgIpc) is 2.80. The van der Waals surface area contributed by atoms with Gasteiger partial charge in [-0.05, 0) is 18.9 Å². The Bertz CT molecular complexity index is 580. The molecule has 1 aromatic heterocycles. The van der Waals surface area contributed by atoms with E-state index < -0.39 is 0 Å². The number of aromatic amines is 1. The Balaban J connectivity index is 1.87. The number of carbonyl (C=O) groups is 2. The Morgan fingerprint density at radius 1 is 1.37 bits per heavy atom. The highest BCUT2D eigenvalue weighted by atomic mass is 16.2. The minimum absolute atomic E-state index is 0.0356. The molecule has 0 spiro atoms. The van der Waals surface area contributed by atoms with Gasteiger partial charge in [0.2, 0.25) is 11.5 Å². The molecule has 2 saturated heterocycles. The number of aromatic nitrogens is 1. The summed E-state index contributed by atoms with van der Waals surface area (Å²) in [5.74, 6) is -0.231. The van der Waals surface area contributed by atoms with Crippen LogP contribution in [0.4, 0.5) is 0 Å². The van der Waals surface area contributed by atoms with Gasteiger partial charge in [-0.2, -0.15) is 0 Å². The lowest BCUT2D eigenvalue weighted by Crippen LogP contribution is -2.48. The summed E-state index contributed by atoms with van der Waals surface area (Å²) in [6.45, 7) is 1.15. The predicted octanol–water partition coefficient (Wildman–Crippen LogP) is -0.275. The number of likely N-dealkylation sites (tertiary alicyclic amines) is 1. The molecular weight excluding hydrogens is 246 g/mol. The number of rotatable bonds is 1. The number of amides is 2. The third-order valence-electron chi connectivity index (χ3n) is 3.88. The van der Waals surface area contributed by atoms with Crippen LogP contribution in [-0.2, 0) is 4.79 Å². The van der Waals surface area contributed by atoms with Gasteiger partial charge >= 0.3 is 0 Å². The molecule has 3 rings (SSSR count). The van der Waals surface area contributed by atoms with Crippen molar-refractivity contribution < 1.29 is 9.59 Å². The number of carbonyl (C=O) groups excluding carboxylic acids is 2. The lowest BCUT2D eigenvalue weighted by Gasteiger charge is -2.35. The Labute approximate surface area is 109 Å². The summed E-state index contributed by atoms with van der Waals surface area (Å²) in [7, 11) is 0. The first-order valence-corrected chi connectivity index (χ1v) is 6.44. The van der Waals surface area contributed by atoms with Crippen molar-refractivity contribution in [2.24, 2.45) is 5.92 Å². The van der Waals surface area contributed by atoms with Crippen LogP contribution < -0.4 is 10.9 Å². The molecule has 0 saturated carbocycles. The number of nitrogens with zero attached hydrogens (tertiary/aromatic N) is 1. The molecule has 19 heavy (non-hydrogen) atoms. The SMILES string of the molecule is O=C1NCC2C1CCCN2C(=O)c1cc[nH]c(=O)c1. The topological polar surface area (TPSA) is 82.3 Å². The first-order chi connectivity index (χ1) is 9.16. The maximum absolute atomic E-state index is 12.4. The number of piperidine rings is 1. The van der Waals surface area contributed by atoms with E-state index in [1.54, 1.807) is 11.0 Å². The van der Waals surface area contributed by atoms with E-state index >= 15 is 0 Å². The molecule has 2 atom stereocenters. The van der Waals surface area contributed by atoms with Gasteiger partial charge in [0, 0.05) is 30.9 Å². The van der Waals surface area contributed by atoms with Crippen LogP contribution in [0.15, 0.2) is 23.1 Å². The molecule has 0 aromatic carbocycles. The van der Waals surface area contributed by atoms with Crippen LogP contribution in [0, 0.1) is 5.92 Å². The van der Waals surface area contributed by atoms with Crippen LogP contribution in [0.3, 0.4) is 0 Å². The van der Waals surface area contributed by atoms with E-state index in [9.17, 15) is 14.4 Å². The molecule has 2 unspecified atom stereocenters. The zero-order valence-corrected chi connectivity index (χ0v) is 10.4. The van der Waals surface area contributed by atoms with Gasteiger partial charge in [0.05, 0.1) is 12.0 Å². The molecule has 6 nitrogen and oxygen atoms in total. The summed E-state index contributed by atoms with van der Waals surface area (Å²) in [5, 5.41) is 2.81. The lowest BCUT2D eigenvalue weighted by atomic mass is 9.91. The smallest absolute Gasteiger partial charge is 0.254 e. The second-order valence-electron chi connectivity index (χ2n) is 5.00. The maximum atomic E-state index is 12.4. The van der Waals surface area contributed by atoms with E-state index in [4.69, 9.17) is 0 Å². The van der Waals surface area contributed by atoms with Crippen LogP contribution in [0.5, 0.6) is 0 Å². The van der Waals surface area contributed by atoms with Crippen molar-refractivity contribution in [1.29, 1.82) is 0 Å². The molecule has 0 radical (unpaired) electrons. The van der Waals surface area contributed by atoms with Crippen LogP contribution in [0.1, 0.15) is 23.2 Å². The summed E-state index contributed by atoms with van der Waals surface area (Å²) < 4.78 is 0. The molecular formula is C13H15N3O3. The van der Waals surface area contributed by atoms with Gasteiger partial charge in [-0.1, -0.05) is 0 Å². The van der Waals surface area contributed by atoms with Crippen LogP contribution >= 0.6 is 0 Å². The van der Waals surface area contributed by atoms with Crippen molar-refractivity contribution in [2.75, 3.05) is 13.1 Å². The average molecular weight is 261 g/mol. The Morgan fingerprint density at radius 2 is 2.21 bits per heavy atom. The van der Waals surface area contributed by atoms with Crippen molar-refractivity contribution in [1.82, 2.24) is 15.2 Å². The molecule has 2 aliphatic rings. The van der Waals surface area contributed by atoms with Crippen molar-refractivity contribution in [3.8, 4) is 0 Å². The molecule has 100 valence electrons. The Hall–Kier alpha value is -2.11. The third-order valence-corrected chi connectivity index (χ3v) is 3.88. The van der Waals surface area contributed by atoms with Crippen LogP contribution in [0.25, 0.3) is 0 Å². The van der Waals surface area contributed by atoms with Gasteiger partial charge in [-0.15, -0.1) is 0 Å².